The van der Waals surface area contributed by atoms with E-state index >= 15 is 0 Å². The lowest BCUT2D eigenvalue weighted by atomic mass is 10.1. The third-order valence-electron chi connectivity index (χ3n) is 3.08. The lowest BCUT2D eigenvalue weighted by molar-refractivity contribution is 0.473. The molecule has 3 nitrogen and oxygen atoms in total. The number of rotatable bonds is 3. The zero-order valence-corrected chi connectivity index (χ0v) is 12.0. The van der Waals surface area contributed by atoms with Crippen LogP contribution in [0.2, 0.25) is 0 Å². The van der Waals surface area contributed by atoms with Crippen LogP contribution in [0.4, 0.5) is 0 Å². The molecule has 0 spiro atoms. The molecule has 0 saturated heterocycles. The first kappa shape index (κ1) is 13.5. The van der Waals surface area contributed by atoms with Crippen molar-refractivity contribution >= 4 is 17.2 Å². The molecule has 4 heteroatoms. The van der Waals surface area contributed by atoms with E-state index in [9.17, 15) is 0 Å². The first-order valence-corrected chi connectivity index (χ1v) is 6.40. The summed E-state index contributed by atoms with van der Waals surface area (Å²) in [6.07, 6.45) is 1.64. The van der Waals surface area contributed by atoms with Gasteiger partial charge in [0.1, 0.15) is 22.2 Å². The molecule has 0 atom stereocenters. The number of pyridine rings is 1. The van der Waals surface area contributed by atoms with Crippen LogP contribution >= 0.6 is 12.2 Å². The van der Waals surface area contributed by atoms with Gasteiger partial charge >= 0.3 is 0 Å². The lowest BCUT2D eigenvalue weighted by Crippen LogP contribution is -2.11. The normalized spacial score (nSPS) is 10.3. The average molecular weight is 272 g/mol. The minimum Gasteiger partial charge on any atom is -0.457 e. The van der Waals surface area contributed by atoms with Crippen molar-refractivity contribution < 1.29 is 4.74 Å². The molecule has 1 heterocycles. The molecule has 0 amide bonds. The Morgan fingerprint density at radius 1 is 1.16 bits per heavy atom. The Kier molecular flexibility index (Phi) is 3.81. The molecule has 19 heavy (non-hydrogen) atoms. The van der Waals surface area contributed by atoms with Crippen molar-refractivity contribution in [1.82, 2.24) is 4.98 Å². The van der Waals surface area contributed by atoms with Gasteiger partial charge in [0, 0.05) is 12.3 Å². The first-order valence-electron chi connectivity index (χ1n) is 5.99. The van der Waals surface area contributed by atoms with Crippen molar-refractivity contribution in [1.29, 1.82) is 0 Å². The summed E-state index contributed by atoms with van der Waals surface area (Å²) in [7, 11) is 0. The molecule has 0 bridgehead atoms. The van der Waals surface area contributed by atoms with Gasteiger partial charge in [-0.05, 0) is 43.5 Å². The van der Waals surface area contributed by atoms with E-state index in [0.717, 1.165) is 16.9 Å². The summed E-state index contributed by atoms with van der Waals surface area (Å²) in [4.78, 5) is 4.36. The zero-order valence-electron chi connectivity index (χ0n) is 11.2. The fraction of sp³-hybridized carbons (Fsp3) is 0.200. The van der Waals surface area contributed by atoms with E-state index in [1.54, 1.807) is 18.3 Å². The van der Waals surface area contributed by atoms with Crippen LogP contribution in [0.15, 0.2) is 30.5 Å². The second kappa shape index (κ2) is 5.36. The molecule has 2 rings (SSSR count). The minimum absolute atomic E-state index is 0.267. The summed E-state index contributed by atoms with van der Waals surface area (Å²) in [6, 6.07) is 7.68. The van der Waals surface area contributed by atoms with Crippen molar-refractivity contribution in [2.45, 2.75) is 20.8 Å². The molecule has 1 aromatic carbocycles. The Hall–Kier alpha value is -1.94. The van der Waals surface area contributed by atoms with Gasteiger partial charge < -0.3 is 10.5 Å². The fourth-order valence-corrected chi connectivity index (χ4v) is 1.92. The van der Waals surface area contributed by atoms with E-state index in [-0.39, 0.29) is 4.99 Å². The maximum absolute atomic E-state index is 5.96. The number of hydrogen-bond acceptors (Lipinski definition) is 3. The van der Waals surface area contributed by atoms with Crippen molar-refractivity contribution in [2.24, 2.45) is 5.73 Å². The van der Waals surface area contributed by atoms with Crippen molar-refractivity contribution in [3.8, 4) is 11.5 Å². The Balaban J connectivity index is 2.39. The van der Waals surface area contributed by atoms with Crippen LogP contribution < -0.4 is 10.5 Å². The van der Waals surface area contributed by atoms with Crippen LogP contribution in [0.3, 0.4) is 0 Å². The van der Waals surface area contributed by atoms with Gasteiger partial charge in [-0.15, -0.1) is 0 Å². The second-order valence-corrected chi connectivity index (χ2v) is 4.94. The highest BCUT2D eigenvalue weighted by atomic mass is 32.1. The predicted octanol–water partition coefficient (Wildman–Crippen LogP) is 3.43. The van der Waals surface area contributed by atoms with Crippen LogP contribution in [0, 0.1) is 20.8 Å². The average Bonchev–Trinajstić information content (AvgIpc) is 2.39. The standard InChI is InChI=1S/C15H16N2OS/c1-9-4-5-10(2)14(11(9)3)18-12-6-7-17-13(8-12)15(16)19/h4-8H,1-3H3,(H2,16,19). The fourth-order valence-electron chi connectivity index (χ4n) is 1.81. The molecular weight excluding hydrogens is 256 g/mol. The van der Waals surface area contributed by atoms with Crippen LogP contribution in [-0.2, 0) is 0 Å². The maximum Gasteiger partial charge on any atom is 0.133 e. The van der Waals surface area contributed by atoms with Gasteiger partial charge in [0.05, 0.1) is 0 Å². The van der Waals surface area contributed by atoms with E-state index < -0.39 is 0 Å². The van der Waals surface area contributed by atoms with Gasteiger partial charge in [0.2, 0.25) is 0 Å². The number of aryl methyl sites for hydroxylation is 2. The summed E-state index contributed by atoms with van der Waals surface area (Å²) in [6.45, 7) is 6.14. The highest BCUT2D eigenvalue weighted by Gasteiger charge is 2.08. The van der Waals surface area contributed by atoms with Crippen molar-refractivity contribution in [3.05, 3.63) is 52.8 Å². The molecule has 0 unspecified atom stereocenters. The van der Waals surface area contributed by atoms with E-state index in [1.807, 2.05) is 19.9 Å². The molecule has 1 aromatic heterocycles. The number of nitrogens with zero attached hydrogens (tertiary/aromatic N) is 1. The Morgan fingerprint density at radius 2 is 1.84 bits per heavy atom. The Bertz CT molecular complexity index is 638. The molecule has 0 saturated carbocycles. The van der Waals surface area contributed by atoms with Crippen molar-refractivity contribution in [3.63, 3.8) is 0 Å². The highest BCUT2D eigenvalue weighted by Crippen LogP contribution is 2.30. The van der Waals surface area contributed by atoms with Gasteiger partial charge in [-0.3, -0.25) is 4.98 Å². The van der Waals surface area contributed by atoms with Crippen molar-refractivity contribution in [2.75, 3.05) is 0 Å². The smallest absolute Gasteiger partial charge is 0.133 e. The first-order chi connectivity index (χ1) is 8.99. The molecule has 0 aliphatic heterocycles. The highest BCUT2D eigenvalue weighted by molar-refractivity contribution is 7.80. The quantitative estimate of drug-likeness (QED) is 0.870. The molecule has 98 valence electrons. The topological polar surface area (TPSA) is 48.1 Å². The number of nitrogens with two attached hydrogens (primary N) is 1. The molecule has 0 radical (unpaired) electrons. The second-order valence-electron chi connectivity index (χ2n) is 4.50. The van der Waals surface area contributed by atoms with Crippen LogP contribution in [0.25, 0.3) is 0 Å². The number of aromatic nitrogens is 1. The van der Waals surface area contributed by atoms with Gasteiger partial charge in [0.25, 0.3) is 0 Å². The van der Waals surface area contributed by atoms with Gasteiger partial charge in [-0.2, -0.15) is 0 Å². The van der Waals surface area contributed by atoms with E-state index in [2.05, 4.69) is 18.0 Å². The monoisotopic (exact) mass is 272 g/mol. The summed E-state index contributed by atoms with van der Waals surface area (Å²) in [5, 5.41) is 0. The number of ether oxygens (including phenoxy) is 1. The van der Waals surface area contributed by atoms with Gasteiger partial charge in [0.15, 0.2) is 0 Å². The predicted molar refractivity (Wildman–Crippen MR) is 80.9 cm³/mol. The third-order valence-corrected chi connectivity index (χ3v) is 3.29. The summed E-state index contributed by atoms with van der Waals surface area (Å²) in [5.74, 6) is 1.56. The van der Waals surface area contributed by atoms with Gasteiger partial charge in [-0.1, -0.05) is 24.4 Å². The molecular formula is C15H16N2OS. The minimum atomic E-state index is 0.267. The van der Waals surface area contributed by atoms with Crippen LogP contribution in [-0.4, -0.2) is 9.97 Å². The molecule has 0 fully saturated rings. The number of thiocarbonyl (C=S) groups is 1. The SMILES string of the molecule is Cc1ccc(C)c(Oc2ccnc(C(N)=S)c2)c1C. The molecule has 2 aromatic rings. The van der Waals surface area contributed by atoms with Gasteiger partial charge in [-0.25, -0.2) is 0 Å². The molecule has 0 aliphatic carbocycles. The Morgan fingerprint density at radius 3 is 2.53 bits per heavy atom. The largest absolute Gasteiger partial charge is 0.457 e. The maximum atomic E-state index is 5.96. The van der Waals surface area contributed by atoms with E-state index in [0.29, 0.717) is 11.4 Å². The van der Waals surface area contributed by atoms with E-state index in [1.165, 1.54) is 5.56 Å². The molecule has 0 aliphatic rings. The third kappa shape index (κ3) is 2.90. The number of hydrogen-bond donors (Lipinski definition) is 1. The summed E-state index contributed by atoms with van der Waals surface area (Å²) >= 11 is 4.92. The summed E-state index contributed by atoms with van der Waals surface area (Å²) < 4.78 is 5.96. The van der Waals surface area contributed by atoms with Crippen LogP contribution in [0.1, 0.15) is 22.4 Å². The van der Waals surface area contributed by atoms with Crippen LogP contribution in [0.5, 0.6) is 11.5 Å². The summed E-state index contributed by atoms with van der Waals surface area (Å²) in [5.41, 5.74) is 9.56. The lowest BCUT2D eigenvalue weighted by Gasteiger charge is -2.14. The zero-order chi connectivity index (χ0) is 14.0. The number of benzene rings is 1. The molecule has 2 N–H and O–H groups in total. The van der Waals surface area contributed by atoms with E-state index in [4.69, 9.17) is 22.7 Å². The Labute approximate surface area is 118 Å².